The van der Waals surface area contributed by atoms with Crippen LogP contribution in [0.25, 0.3) is 5.70 Å². The summed E-state index contributed by atoms with van der Waals surface area (Å²) in [5, 5.41) is 2.24. The minimum atomic E-state index is -0.389. The number of halogens is 1. The number of para-hydroxylation sites is 1. The maximum atomic E-state index is 14.5. The summed E-state index contributed by atoms with van der Waals surface area (Å²) >= 11 is 0. The Labute approximate surface area is 165 Å². The zero-order valence-corrected chi connectivity index (χ0v) is 16.2. The maximum absolute atomic E-state index is 14.5. The predicted octanol–water partition coefficient (Wildman–Crippen LogP) is 2.91. The summed E-state index contributed by atoms with van der Waals surface area (Å²) in [6.45, 7) is 5.64. The second kappa shape index (κ2) is 6.90. The molecule has 1 saturated heterocycles. The highest BCUT2D eigenvalue weighted by Gasteiger charge is 2.52. The van der Waals surface area contributed by atoms with E-state index < -0.39 is 0 Å². The fourth-order valence-corrected chi connectivity index (χ4v) is 4.90. The van der Waals surface area contributed by atoms with Crippen molar-refractivity contribution in [2.45, 2.75) is 38.0 Å². The topological polar surface area (TPSA) is 28.9 Å². The van der Waals surface area contributed by atoms with Crippen LogP contribution in [0.1, 0.15) is 43.4 Å². The van der Waals surface area contributed by atoms with Crippen LogP contribution in [0, 0.1) is 5.82 Å². The molecule has 1 spiro atoms. The van der Waals surface area contributed by atoms with Gasteiger partial charge in [0.15, 0.2) is 5.72 Å². The molecule has 2 N–H and O–H groups in total. The van der Waals surface area contributed by atoms with Crippen LogP contribution in [0.3, 0.4) is 0 Å². The van der Waals surface area contributed by atoms with Crippen molar-refractivity contribution in [1.82, 2.24) is 10.4 Å². The first-order valence-corrected chi connectivity index (χ1v) is 10.3. The minimum Gasteiger partial charge on any atom is -0.470 e. The Bertz CT molecular complexity index is 904. The van der Waals surface area contributed by atoms with Crippen LogP contribution in [0.15, 0.2) is 54.6 Å². The van der Waals surface area contributed by atoms with Gasteiger partial charge < -0.3 is 15.1 Å². The largest absolute Gasteiger partial charge is 0.470 e. The lowest BCUT2D eigenvalue weighted by Crippen LogP contribution is -3.14. The molecule has 0 aliphatic carbocycles. The standard InChI is InChI=1S/C23H26FN3O/c1-2-13-26-14-11-23(12-15-26)27-21(18-8-4-6-10-22(18)28-23)16-20(25-27)17-7-3-5-9-19(17)24/h3-10,16,21,25H,2,11-15H2,1H3/p+1/t21-/m0/s1. The maximum Gasteiger partial charge on any atom is 0.191 e. The van der Waals surface area contributed by atoms with E-state index in [2.05, 4.69) is 35.6 Å². The van der Waals surface area contributed by atoms with Crippen LogP contribution in [0.5, 0.6) is 5.75 Å². The van der Waals surface area contributed by atoms with E-state index in [0.29, 0.717) is 5.56 Å². The van der Waals surface area contributed by atoms with Gasteiger partial charge in [-0.3, -0.25) is 0 Å². The number of nitrogens with zero attached hydrogens (tertiary/aromatic N) is 1. The second-order valence-electron chi connectivity index (χ2n) is 8.07. The number of ether oxygens (including phenoxy) is 1. The summed E-state index contributed by atoms with van der Waals surface area (Å²) in [6, 6.07) is 15.3. The molecular weight excluding hydrogens is 353 g/mol. The van der Waals surface area contributed by atoms with Crippen molar-refractivity contribution in [3.8, 4) is 5.75 Å². The van der Waals surface area contributed by atoms with Gasteiger partial charge in [-0.2, -0.15) is 5.01 Å². The van der Waals surface area contributed by atoms with Crippen LogP contribution in [0.2, 0.25) is 0 Å². The summed E-state index contributed by atoms with van der Waals surface area (Å²) in [5.41, 5.74) is 5.70. The number of benzene rings is 2. The van der Waals surface area contributed by atoms with E-state index in [1.54, 1.807) is 11.0 Å². The van der Waals surface area contributed by atoms with Crippen molar-refractivity contribution in [1.29, 1.82) is 0 Å². The quantitative estimate of drug-likeness (QED) is 0.858. The first-order chi connectivity index (χ1) is 13.7. The molecule has 1 fully saturated rings. The van der Waals surface area contributed by atoms with Crippen molar-refractivity contribution in [2.24, 2.45) is 0 Å². The molecule has 0 radical (unpaired) electrons. The van der Waals surface area contributed by atoms with Crippen LogP contribution >= 0.6 is 0 Å². The van der Waals surface area contributed by atoms with Gasteiger partial charge in [-0.1, -0.05) is 37.3 Å². The van der Waals surface area contributed by atoms with E-state index >= 15 is 0 Å². The fourth-order valence-electron chi connectivity index (χ4n) is 4.90. The van der Waals surface area contributed by atoms with Gasteiger partial charge in [-0.05, 0) is 30.7 Å². The Morgan fingerprint density at radius 2 is 1.89 bits per heavy atom. The van der Waals surface area contributed by atoms with Crippen molar-refractivity contribution in [3.63, 3.8) is 0 Å². The predicted molar refractivity (Wildman–Crippen MR) is 107 cm³/mol. The Morgan fingerprint density at radius 1 is 1.14 bits per heavy atom. The molecule has 1 atom stereocenters. The smallest absolute Gasteiger partial charge is 0.191 e. The SMILES string of the molecule is CCC[NH+]1CCC2(CC1)Oc1ccccc1[C@@H]1C=C(c3ccccc3F)NN12. The van der Waals surface area contributed by atoms with Gasteiger partial charge in [-0.25, -0.2) is 4.39 Å². The van der Waals surface area contributed by atoms with E-state index in [9.17, 15) is 4.39 Å². The molecule has 0 aromatic heterocycles. The number of piperidine rings is 1. The van der Waals surface area contributed by atoms with Crippen molar-refractivity contribution < 1.29 is 14.0 Å². The van der Waals surface area contributed by atoms with Crippen molar-refractivity contribution >= 4 is 5.70 Å². The number of hydrazine groups is 1. The number of hydrogen-bond acceptors (Lipinski definition) is 3. The summed E-state index contributed by atoms with van der Waals surface area (Å²) in [4.78, 5) is 1.65. The lowest BCUT2D eigenvalue weighted by molar-refractivity contribution is -0.908. The monoisotopic (exact) mass is 380 g/mol. The molecule has 2 aromatic rings. The lowest BCUT2D eigenvalue weighted by atomic mass is 9.92. The number of hydrogen-bond donors (Lipinski definition) is 2. The Balaban J connectivity index is 1.52. The number of fused-ring (bicyclic) bond motifs is 4. The molecular formula is C23H27FN3O+. The van der Waals surface area contributed by atoms with E-state index in [4.69, 9.17) is 4.74 Å². The Morgan fingerprint density at radius 3 is 2.68 bits per heavy atom. The number of quaternary nitrogens is 1. The lowest BCUT2D eigenvalue weighted by Gasteiger charge is -2.50. The molecule has 3 aliphatic heterocycles. The minimum absolute atomic E-state index is 0.0484. The van der Waals surface area contributed by atoms with Gasteiger partial charge in [0.1, 0.15) is 11.6 Å². The molecule has 28 heavy (non-hydrogen) atoms. The molecule has 3 aliphatic rings. The molecule has 5 heteroatoms. The molecule has 146 valence electrons. The Kier molecular flexibility index (Phi) is 4.37. The molecule has 0 amide bonds. The summed E-state index contributed by atoms with van der Waals surface area (Å²) in [7, 11) is 0. The highest BCUT2D eigenvalue weighted by atomic mass is 19.1. The van der Waals surface area contributed by atoms with Gasteiger partial charge in [-0.15, -0.1) is 0 Å². The van der Waals surface area contributed by atoms with Crippen molar-refractivity contribution in [3.05, 3.63) is 71.6 Å². The first kappa shape index (κ1) is 17.7. The van der Waals surface area contributed by atoms with Crippen LogP contribution < -0.4 is 15.1 Å². The van der Waals surface area contributed by atoms with E-state index in [-0.39, 0.29) is 17.6 Å². The van der Waals surface area contributed by atoms with Gasteiger partial charge in [0.25, 0.3) is 0 Å². The highest BCUT2D eigenvalue weighted by Crippen LogP contribution is 2.47. The molecule has 4 nitrogen and oxygen atoms in total. The Hall–Kier alpha value is -2.37. The van der Waals surface area contributed by atoms with Gasteiger partial charge >= 0.3 is 0 Å². The summed E-state index contributed by atoms with van der Waals surface area (Å²) in [6.07, 6.45) is 5.26. The second-order valence-corrected chi connectivity index (χ2v) is 8.07. The van der Waals surface area contributed by atoms with E-state index in [1.165, 1.54) is 19.0 Å². The van der Waals surface area contributed by atoms with Gasteiger partial charge in [0, 0.05) is 11.1 Å². The fraction of sp³-hybridized carbons (Fsp3) is 0.391. The third-order valence-electron chi connectivity index (χ3n) is 6.33. The third kappa shape index (κ3) is 2.81. The van der Waals surface area contributed by atoms with Crippen LogP contribution in [-0.2, 0) is 0 Å². The number of nitrogens with one attached hydrogen (secondary N) is 2. The normalized spacial score (nSPS) is 28.9. The molecule has 0 unspecified atom stereocenters. The number of rotatable bonds is 3. The van der Waals surface area contributed by atoms with E-state index in [1.807, 2.05) is 24.3 Å². The highest BCUT2D eigenvalue weighted by molar-refractivity contribution is 5.68. The third-order valence-corrected chi connectivity index (χ3v) is 6.33. The molecule has 0 saturated carbocycles. The average molecular weight is 380 g/mol. The van der Waals surface area contributed by atoms with E-state index in [0.717, 1.165) is 42.9 Å². The number of likely N-dealkylation sites (tertiary alicyclic amines) is 1. The average Bonchev–Trinajstić information content (AvgIpc) is 3.17. The van der Waals surface area contributed by atoms with Gasteiger partial charge in [0.05, 0.1) is 44.2 Å². The zero-order chi connectivity index (χ0) is 19.1. The molecule has 3 heterocycles. The summed E-state index contributed by atoms with van der Waals surface area (Å²) in [5.74, 6) is 0.752. The summed E-state index contributed by atoms with van der Waals surface area (Å²) < 4.78 is 21.1. The molecule has 0 bridgehead atoms. The molecule has 2 aromatic carbocycles. The first-order valence-electron chi connectivity index (χ1n) is 10.3. The van der Waals surface area contributed by atoms with Crippen molar-refractivity contribution in [2.75, 3.05) is 19.6 Å². The van der Waals surface area contributed by atoms with Crippen LogP contribution in [-0.4, -0.2) is 30.4 Å². The van der Waals surface area contributed by atoms with Crippen LogP contribution in [0.4, 0.5) is 4.39 Å². The molecule has 5 rings (SSSR count). The van der Waals surface area contributed by atoms with Gasteiger partial charge in [0.2, 0.25) is 0 Å². The zero-order valence-electron chi connectivity index (χ0n) is 16.2.